The van der Waals surface area contributed by atoms with Gasteiger partial charge in [-0.1, -0.05) is 59.9 Å². The van der Waals surface area contributed by atoms with E-state index in [2.05, 4.69) is 108 Å². The quantitative estimate of drug-likeness (QED) is 0.309. The van der Waals surface area contributed by atoms with Gasteiger partial charge in [0.1, 0.15) is 11.8 Å². The molecular formula is C20H34N3O3PS2. The Morgan fingerprint density at radius 1 is 0.724 bits per heavy atom. The first-order chi connectivity index (χ1) is 13.2. The van der Waals surface area contributed by atoms with Crippen molar-refractivity contribution in [3.8, 4) is 0 Å². The van der Waals surface area contributed by atoms with E-state index < -0.39 is 7.75 Å². The van der Waals surface area contributed by atoms with Crippen molar-refractivity contribution in [1.82, 2.24) is 0 Å². The molecule has 9 heteroatoms. The van der Waals surface area contributed by atoms with Crippen molar-refractivity contribution in [2.45, 2.75) is 9.79 Å². The van der Waals surface area contributed by atoms with E-state index in [1.165, 1.54) is 9.79 Å². The zero-order valence-corrected chi connectivity index (χ0v) is 20.7. The van der Waals surface area contributed by atoms with Gasteiger partial charge in [-0.2, -0.15) is 0 Å². The van der Waals surface area contributed by atoms with E-state index in [0.29, 0.717) is 0 Å². The molecule has 0 amide bonds. The van der Waals surface area contributed by atoms with Gasteiger partial charge in [0, 0.05) is 9.79 Å². The average Bonchev–Trinajstić information content (AvgIpc) is 2.58. The molecule has 0 radical (unpaired) electrons. The average molecular weight is 460 g/mol. The minimum absolute atomic E-state index is 1.000. The van der Waals surface area contributed by atoms with Gasteiger partial charge in [-0.25, -0.2) is 0 Å². The van der Waals surface area contributed by atoms with Crippen LogP contribution in [0, 0.1) is 0 Å². The zero-order valence-electron chi connectivity index (χ0n) is 18.1. The van der Waals surface area contributed by atoms with Crippen LogP contribution in [0.2, 0.25) is 0 Å². The Labute approximate surface area is 184 Å². The molecule has 0 unspecified atom stereocenters. The van der Waals surface area contributed by atoms with Gasteiger partial charge >= 0.3 is 0 Å². The molecule has 2 aromatic carbocycles. The molecule has 29 heavy (non-hydrogen) atoms. The minimum atomic E-state index is -4.64. The van der Waals surface area contributed by atoms with Gasteiger partial charge in [0.2, 0.25) is 0 Å². The summed E-state index contributed by atoms with van der Waals surface area (Å²) in [6, 6.07) is 21.0. The van der Waals surface area contributed by atoms with Crippen LogP contribution in [-0.4, -0.2) is 63.0 Å². The Bertz CT molecular complexity index is 653. The highest BCUT2D eigenvalue weighted by molar-refractivity contribution is 7.99. The second-order valence-electron chi connectivity index (χ2n) is 8.29. The van der Waals surface area contributed by atoms with Gasteiger partial charge in [-0.15, -0.1) is 0 Å². The third-order valence-electron chi connectivity index (χ3n) is 2.72. The van der Waals surface area contributed by atoms with Crippen molar-refractivity contribution in [1.29, 1.82) is 0 Å². The Morgan fingerprint density at radius 3 is 1.17 bits per heavy atom. The summed E-state index contributed by atoms with van der Waals surface area (Å²) in [5.74, 6) is 2.23. The lowest BCUT2D eigenvalue weighted by Gasteiger charge is -2.22. The van der Waals surface area contributed by atoms with E-state index in [0.717, 1.165) is 20.7 Å². The Kier molecular flexibility index (Phi) is 13.1. The summed E-state index contributed by atoms with van der Waals surface area (Å²) in [5, 5.41) is 0. The van der Waals surface area contributed by atoms with Crippen LogP contribution in [0.3, 0.4) is 0 Å². The van der Waals surface area contributed by atoms with Crippen molar-refractivity contribution in [3.05, 3.63) is 60.7 Å². The van der Waals surface area contributed by atoms with Crippen LogP contribution < -0.4 is 15.3 Å². The number of hydrogen-bond donors (Lipinski definition) is 1. The van der Waals surface area contributed by atoms with Crippen LogP contribution in [0.1, 0.15) is 0 Å². The summed E-state index contributed by atoms with van der Waals surface area (Å²) in [5.41, 5.74) is 3.80. The SMILES string of the molecule is C[N+](C)(C)CSc1ccccc1.C[N+](C)(C)CSc1ccccc1.NP(=O)([O-])[O-]. The minimum Gasteiger partial charge on any atom is -0.799 e. The second kappa shape index (κ2) is 13.5. The molecule has 0 atom stereocenters. The topological polar surface area (TPSA) is 89.2 Å². The summed E-state index contributed by atoms with van der Waals surface area (Å²) >= 11 is 3.80. The van der Waals surface area contributed by atoms with E-state index in [9.17, 15) is 0 Å². The van der Waals surface area contributed by atoms with Crippen LogP contribution in [0.25, 0.3) is 0 Å². The number of benzene rings is 2. The first kappa shape index (κ1) is 28.2. The molecule has 0 aliphatic heterocycles. The van der Waals surface area contributed by atoms with Crippen LogP contribution in [0.15, 0.2) is 70.5 Å². The molecule has 0 aliphatic rings. The zero-order chi connectivity index (χ0) is 22.6. The largest absolute Gasteiger partial charge is 0.799 e. The highest BCUT2D eigenvalue weighted by Crippen LogP contribution is 2.19. The van der Waals surface area contributed by atoms with Gasteiger partial charge in [0.05, 0.1) is 42.3 Å². The fourth-order valence-electron chi connectivity index (χ4n) is 1.57. The Hall–Kier alpha value is -0.830. The van der Waals surface area contributed by atoms with Crippen molar-refractivity contribution in [3.63, 3.8) is 0 Å². The number of rotatable bonds is 6. The van der Waals surface area contributed by atoms with Crippen molar-refractivity contribution in [2.75, 3.05) is 54.0 Å². The van der Waals surface area contributed by atoms with Gasteiger partial charge in [-0.05, 0) is 32.0 Å². The molecule has 2 N–H and O–H groups in total. The van der Waals surface area contributed by atoms with Crippen LogP contribution >= 0.6 is 31.3 Å². The maximum Gasteiger partial charge on any atom is 0.129 e. The van der Waals surface area contributed by atoms with Crippen LogP contribution in [0.5, 0.6) is 0 Å². The molecule has 164 valence electrons. The van der Waals surface area contributed by atoms with E-state index in [4.69, 9.17) is 14.4 Å². The standard InChI is InChI=1S/2C10H16NS.H4NO3P/c2*1-11(2,3)9-12-10-7-5-4-6-8-10;1-5(2,3)4/h2*4-8H,9H2,1-3H3;(H4,1,2,3,4)/q2*+1;/p-2. The van der Waals surface area contributed by atoms with Gasteiger partial charge in [-0.3, -0.25) is 0 Å². The molecule has 0 saturated carbocycles. The summed E-state index contributed by atoms with van der Waals surface area (Å²) in [7, 11) is 8.59. The second-order valence-corrected chi connectivity index (χ2v) is 11.4. The highest BCUT2D eigenvalue weighted by atomic mass is 32.2. The highest BCUT2D eigenvalue weighted by Gasteiger charge is 2.07. The van der Waals surface area contributed by atoms with Crippen LogP contribution in [0.4, 0.5) is 0 Å². The first-order valence-electron chi connectivity index (χ1n) is 8.93. The molecule has 0 fully saturated rings. The summed E-state index contributed by atoms with van der Waals surface area (Å²) in [6.45, 7) is 0. The number of thioether (sulfide) groups is 2. The molecule has 2 rings (SSSR count). The fraction of sp³-hybridized carbons (Fsp3) is 0.400. The molecule has 0 bridgehead atoms. The predicted octanol–water partition coefficient (Wildman–Crippen LogP) is 2.66. The van der Waals surface area contributed by atoms with Crippen molar-refractivity contribution in [2.24, 2.45) is 5.50 Å². The molecular weight excluding hydrogens is 425 g/mol. The predicted molar refractivity (Wildman–Crippen MR) is 122 cm³/mol. The number of nitrogens with zero attached hydrogens (tertiary/aromatic N) is 2. The Morgan fingerprint density at radius 2 is 0.966 bits per heavy atom. The third kappa shape index (κ3) is 23.3. The van der Waals surface area contributed by atoms with E-state index in [1.807, 2.05) is 23.5 Å². The third-order valence-corrected chi connectivity index (χ3v) is 5.74. The van der Waals surface area contributed by atoms with Gasteiger partial charge in [0.25, 0.3) is 0 Å². The fourth-order valence-corrected chi connectivity index (χ4v) is 3.34. The van der Waals surface area contributed by atoms with E-state index in [1.54, 1.807) is 0 Å². The smallest absolute Gasteiger partial charge is 0.129 e. The molecule has 0 saturated heterocycles. The van der Waals surface area contributed by atoms with Crippen molar-refractivity contribution >= 4 is 31.3 Å². The lowest BCUT2D eigenvalue weighted by molar-refractivity contribution is -0.857. The van der Waals surface area contributed by atoms with E-state index in [-0.39, 0.29) is 0 Å². The summed E-state index contributed by atoms with van der Waals surface area (Å²) in [6.07, 6.45) is 0. The monoisotopic (exact) mass is 459 g/mol. The molecule has 6 nitrogen and oxygen atoms in total. The molecule has 2 aromatic rings. The maximum absolute atomic E-state index is 8.88. The van der Waals surface area contributed by atoms with Gasteiger partial charge in [0.15, 0.2) is 0 Å². The van der Waals surface area contributed by atoms with Crippen molar-refractivity contribution < 1.29 is 23.3 Å². The lowest BCUT2D eigenvalue weighted by atomic mass is 10.4. The van der Waals surface area contributed by atoms with Gasteiger partial charge < -0.3 is 28.8 Å². The summed E-state index contributed by atoms with van der Waals surface area (Å²) < 4.78 is 10.9. The van der Waals surface area contributed by atoms with Crippen LogP contribution in [-0.2, 0) is 4.57 Å². The molecule has 0 aliphatic carbocycles. The normalized spacial score (nSPS) is 11.6. The molecule has 0 aromatic heterocycles. The maximum atomic E-state index is 8.88. The Balaban J connectivity index is 0.000000442. The number of nitrogens with two attached hydrogens (primary N) is 1. The lowest BCUT2D eigenvalue weighted by Crippen LogP contribution is -2.33. The number of hydrogen-bond acceptors (Lipinski definition) is 5. The van der Waals surface area contributed by atoms with E-state index >= 15 is 0 Å². The number of quaternary nitrogens is 2. The summed E-state index contributed by atoms with van der Waals surface area (Å²) in [4.78, 5) is 20.5. The molecule has 0 heterocycles. The molecule has 0 spiro atoms. The first-order valence-corrected chi connectivity index (χ1v) is 12.5.